The van der Waals surface area contributed by atoms with E-state index in [0.29, 0.717) is 12.1 Å². The molecule has 0 unspecified atom stereocenters. The Bertz CT molecular complexity index is 641. The van der Waals surface area contributed by atoms with Crippen LogP contribution in [0.1, 0.15) is 34.6 Å². The van der Waals surface area contributed by atoms with Gasteiger partial charge in [-0.15, -0.1) is 0 Å². The molecule has 21 heavy (non-hydrogen) atoms. The van der Waals surface area contributed by atoms with Crippen LogP contribution >= 0.6 is 0 Å². The molecule has 5 nitrogen and oxygen atoms in total. The van der Waals surface area contributed by atoms with Crippen molar-refractivity contribution in [3.63, 3.8) is 0 Å². The number of rotatable bonds is 6. The Kier molecular flexibility index (Phi) is 5.22. The van der Waals surface area contributed by atoms with Crippen LogP contribution in [0.3, 0.4) is 0 Å². The SMILES string of the molecule is COCCCCNC(=O)c1ccc2nc(C)c(C)nc2c1. The van der Waals surface area contributed by atoms with E-state index in [1.165, 1.54) is 0 Å². The molecule has 2 rings (SSSR count). The van der Waals surface area contributed by atoms with E-state index >= 15 is 0 Å². The number of hydrogen-bond donors (Lipinski definition) is 1. The summed E-state index contributed by atoms with van der Waals surface area (Å²) in [5.74, 6) is -0.0747. The molecule has 0 aliphatic heterocycles. The number of hydrogen-bond acceptors (Lipinski definition) is 4. The summed E-state index contributed by atoms with van der Waals surface area (Å²) in [5, 5.41) is 2.91. The van der Waals surface area contributed by atoms with Crippen LogP contribution in [0.5, 0.6) is 0 Å². The molecule has 1 aromatic heterocycles. The summed E-state index contributed by atoms with van der Waals surface area (Å²) in [6.07, 6.45) is 1.85. The standard InChI is InChI=1S/C16H21N3O2/c1-11-12(2)19-15-10-13(6-7-14(15)18-11)16(20)17-8-4-5-9-21-3/h6-7,10H,4-5,8-9H2,1-3H3,(H,17,20). The number of nitrogens with zero attached hydrogens (tertiary/aromatic N) is 2. The topological polar surface area (TPSA) is 64.1 Å². The largest absolute Gasteiger partial charge is 0.385 e. The number of fused-ring (bicyclic) bond motifs is 1. The molecule has 1 N–H and O–H groups in total. The zero-order chi connectivity index (χ0) is 15.2. The minimum atomic E-state index is -0.0747. The molecular formula is C16H21N3O2. The van der Waals surface area contributed by atoms with E-state index in [-0.39, 0.29) is 5.91 Å². The molecule has 2 aromatic rings. The van der Waals surface area contributed by atoms with Gasteiger partial charge < -0.3 is 10.1 Å². The first-order chi connectivity index (χ1) is 10.1. The molecule has 0 bridgehead atoms. The Morgan fingerprint density at radius 3 is 2.57 bits per heavy atom. The maximum atomic E-state index is 12.1. The van der Waals surface area contributed by atoms with Gasteiger partial charge in [-0.2, -0.15) is 0 Å². The van der Waals surface area contributed by atoms with Crippen molar-refractivity contribution in [2.75, 3.05) is 20.3 Å². The number of benzene rings is 1. The summed E-state index contributed by atoms with van der Waals surface area (Å²) in [6.45, 7) is 5.23. The Balaban J connectivity index is 2.04. The lowest BCUT2D eigenvalue weighted by molar-refractivity contribution is 0.0951. The Labute approximate surface area is 124 Å². The monoisotopic (exact) mass is 287 g/mol. The molecule has 1 heterocycles. The van der Waals surface area contributed by atoms with Crippen molar-refractivity contribution >= 4 is 16.9 Å². The Hall–Kier alpha value is -2.01. The van der Waals surface area contributed by atoms with Crippen LogP contribution in [0.15, 0.2) is 18.2 Å². The van der Waals surface area contributed by atoms with Gasteiger partial charge in [-0.3, -0.25) is 4.79 Å². The summed E-state index contributed by atoms with van der Waals surface area (Å²) in [4.78, 5) is 21.0. The lowest BCUT2D eigenvalue weighted by Gasteiger charge is -2.07. The maximum absolute atomic E-state index is 12.1. The number of aryl methyl sites for hydroxylation is 2. The second-order valence-corrected chi connectivity index (χ2v) is 5.05. The third kappa shape index (κ3) is 3.98. The minimum Gasteiger partial charge on any atom is -0.385 e. The average molecular weight is 287 g/mol. The van der Waals surface area contributed by atoms with Gasteiger partial charge in [-0.25, -0.2) is 9.97 Å². The van der Waals surface area contributed by atoms with Crippen LogP contribution < -0.4 is 5.32 Å². The highest BCUT2D eigenvalue weighted by Gasteiger charge is 2.08. The van der Waals surface area contributed by atoms with Gasteiger partial charge in [0.1, 0.15) is 0 Å². The third-order valence-electron chi connectivity index (χ3n) is 3.40. The summed E-state index contributed by atoms with van der Waals surface area (Å²) < 4.78 is 4.97. The maximum Gasteiger partial charge on any atom is 0.251 e. The van der Waals surface area contributed by atoms with Crippen LogP contribution in [0, 0.1) is 13.8 Å². The number of carbonyl (C=O) groups is 1. The van der Waals surface area contributed by atoms with Crippen molar-refractivity contribution in [2.24, 2.45) is 0 Å². The molecule has 0 aliphatic rings. The fraction of sp³-hybridized carbons (Fsp3) is 0.438. The molecule has 0 fully saturated rings. The number of carbonyl (C=O) groups excluding carboxylic acids is 1. The van der Waals surface area contributed by atoms with Crippen molar-refractivity contribution in [3.8, 4) is 0 Å². The molecule has 5 heteroatoms. The van der Waals surface area contributed by atoms with E-state index in [1.54, 1.807) is 19.2 Å². The number of amides is 1. The highest BCUT2D eigenvalue weighted by molar-refractivity contribution is 5.97. The van der Waals surface area contributed by atoms with Crippen LogP contribution in [-0.4, -0.2) is 36.1 Å². The fourth-order valence-corrected chi connectivity index (χ4v) is 2.05. The zero-order valence-electron chi connectivity index (χ0n) is 12.8. The van der Waals surface area contributed by atoms with Crippen LogP contribution in [0.25, 0.3) is 11.0 Å². The highest BCUT2D eigenvalue weighted by Crippen LogP contribution is 2.14. The van der Waals surface area contributed by atoms with Gasteiger partial charge in [0.05, 0.1) is 22.4 Å². The average Bonchev–Trinajstić information content (AvgIpc) is 2.47. The zero-order valence-corrected chi connectivity index (χ0v) is 12.8. The molecule has 0 spiro atoms. The second kappa shape index (κ2) is 7.13. The van der Waals surface area contributed by atoms with Crippen LogP contribution in [0.4, 0.5) is 0 Å². The molecule has 1 amide bonds. The molecule has 0 atom stereocenters. The number of nitrogens with one attached hydrogen (secondary N) is 1. The van der Waals surface area contributed by atoms with Crippen molar-refractivity contribution in [2.45, 2.75) is 26.7 Å². The quantitative estimate of drug-likeness (QED) is 0.829. The van der Waals surface area contributed by atoms with Gasteiger partial charge in [0, 0.05) is 25.8 Å². The summed E-state index contributed by atoms with van der Waals surface area (Å²) in [5.41, 5.74) is 3.99. The van der Waals surface area contributed by atoms with Crippen LogP contribution in [-0.2, 0) is 4.74 Å². The van der Waals surface area contributed by atoms with Gasteiger partial charge in [0.15, 0.2) is 0 Å². The minimum absolute atomic E-state index is 0.0747. The van der Waals surface area contributed by atoms with Crippen molar-refractivity contribution < 1.29 is 9.53 Å². The highest BCUT2D eigenvalue weighted by atomic mass is 16.5. The normalized spacial score (nSPS) is 10.8. The first-order valence-corrected chi connectivity index (χ1v) is 7.14. The molecule has 0 saturated heterocycles. The molecule has 1 aromatic carbocycles. The van der Waals surface area contributed by atoms with Gasteiger partial charge >= 0.3 is 0 Å². The summed E-state index contributed by atoms with van der Waals surface area (Å²) in [6, 6.07) is 5.42. The van der Waals surface area contributed by atoms with E-state index in [4.69, 9.17) is 4.74 Å². The summed E-state index contributed by atoms with van der Waals surface area (Å²) in [7, 11) is 1.68. The van der Waals surface area contributed by atoms with E-state index in [2.05, 4.69) is 15.3 Å². The molecule has 0 saturated carbocycles. The van der Waals surface area contributed by atoms with Crippen molar-refractivity contribution in [1.82, 2.24) is 15.3 Å². The van der Waals surface area contributed by atoms with Gasteiger partial charge in [-0.1, -0.05) is 0 Å². The molecule has 0 aliphatic carbocycles. The first-order valence-electron chi connectivity index (χ1n) is 7.14. The van der Waals surface area contributed by atoms with E-state index in [9.17, 15) is 4.79 Å². The Morgan fingerprint density at radius 1 is 1.14 bits per heavy atom. The van der Waals surface area contributed by atoms with Gasteiger partial charge in [0.25, 0.3) is 5.91 Å². The van der Waals surface area contributed by atoms with Crippen LogP contribution in [0.2, 0.25) is 0 Å². The second-order valence-electron chi connectivity index (χ2n) is 5.05. The number of unbranched alkanes of at least 4 members (excludes halogenated alkanes) is 1. The molecular weight excluding hydrogens is 266 g/mol. The van der Waals surface area contributed by atoms with Gasteiger partial charge in [-0.05, 0) is 44.9 Å². The fourth-order valence-electron chi connectivity index (χ4n) is 2.05. The summed E-state index contributed by atoms with van der Waals surface area (Å²) >= 11 is 0. The first kappa shape index (κ1) is 15.4. The van der Waals surface area contributed by atoms with Crippen molar-refractivity contribution in [3.05, 3.63) is 35.2 Å². The van der Waals surface area contributed by atoms with E-state index in [0.717, 1.165) is 41.9 Å². The molecule has 112 valence electrons. The predicted octanol–water partition coefficient (Wildman–Crippen LogP) is 2.40. The van der Waals surface area contributed by atoms with E-state index < -0.39 is 0 Å². The Morgan fingerprint density at radius 2 is 1.86 bits per heavy atom. The lowest BCUT2D eigenvalue weighted by Crippen LogP contribution is -2.24. The number of methoxy groups -OCH3 is 1. The number of ether oxygens (including phenoxy) is 1. The van der Waals surface area contributed by atoms with Gasteiger partial charge in [0.2, 0.25) is 0 Å². The number of aromatic nitrogens is 2. The van der Waals surface area contributed by atoms with Crippen molar-refractivity contribution in [1.29, 1.82) is 0 Å². The lowest BCUT2D eigenvalue weighted by atomic mass is 10.1. The predicted molar refractivity (Wildman–Crippen MR) is 82.5 cm³/mol. The smallest absolute Gasteiger partial charge is 0.251 e. The van der Waals surface area contributed by atoms with E-state index in [1.807, 2.05) is 19.9 Å². The molecule has 0 radical (unpaired) electrons. The third-order valence-corrected chi connectivity index (χ3v) is 3.40.